The molecule has 1 aliphatic rings. The second-order valence-corrected chi connectivity index (χ2v) is 5.03. The number of methoxy groups -OCH3 is 1. The summed E-state index contributed by atoms with van der Waals surface area (Å²) in [6.07, 6.45) is 2.21. The van der Waals surface area contributed by atoms with Crippen molar-refractivity contribution in [3.05, 3.63) is 23.8 Å². The van der Waals surface area contributed by atoms with Gasteiger partial charge in [0.25, 0.3) is 5.91 Å². The van der Waals surface area contributed by atoms with Crippen LogP contribution in [0.25, 0.3) is 0 Å². The van der Waals surface area contributed by atoms with E-state index in [1.807, 2.05) is 0 Å². The van der Waals surface area contributed by atoms with Crippen molar-refractivity contribution in [2.75, 3.05) is 26.0 Å². The normalized spacial score (nSPS) is 21.7. The van der Waals surface area contributed by atoms with Gasteiger partial charge in [0.05, 0.1) is 18.8 Å². The van der Waals surface area contributed by atoms with Gasteiger partial charge in [0.2, 0.25) is 0 Å². The summed E-state index contributed by atoms with van der Waals surface area (Å²) in [5.74, 6) is 0.846. The molecule has 1 fully saturated rings. The first-order chi connectivity index (χ1) is 9.65. The summed E-state index contributed by atoms with van der Waals surface area (Å²) in [5, 5.41) is 2.94. The maximum absolute atomic E-state index is 12.2. The lowest BCUT2D eigenvalue weighted by Crippen LogP contribution is -2.33. The highest BCUT2D eigenvalue weighted by atomic mass is 16.5. The zero-order chi connectivity index (χ0) is 14.5. The molecule has 2 rings (SSSR count). The minimum Gasteiger partial charge on any atom is -0.497 e. The molecule has 2 unspecified atom stereocenters. The van der Waals surface area contributed by atoms with E-state index in [0.717, 1.165) is 19.4 Å². The molecule has 0 saturated carbocycles. The summed E-state index contributed by atoms with van der Waals surface area (Å²) in [4.78, 5) is 12.2. The summed E-state index contributed by atoms with van der Waals surface area (Å²) in [7, 11) is 1.56. The van der Waals surface area contributed by atoms with Gasteiger partial charge in [-0.05, 0) is 31.0 Å². The van der Waals surface area contributed by atoms with Gasteiger partial charge in [-0.25, -0.2) is 0 Å². The van der Waals surface area contributed by atoms with Crippen LogP contribution in [-0.4, -0.2) is 32.3 Å². The standard InChI is InChI=1S/C15H22N2O3/c1-3-14-10(6-7-20-14)9-17-15(18)12-8-11(19-2)4-5-13(12)16/h4-5,8,10,14H,3,6-7,9,16H2,1-2H3,(H,17,18). The molecular formula is C15H22N2O3. The second-order valence-electron chi connectivity index (χ2n) is 5.03. The Morgan fingerprint density at radius 3 is 3.05 bits per heavy atom. The number of anilines is 1. The van der Waals surface area contributed by atoms with Crippen LogP contribution in [0, 0.1) is 5.92 Å². The fourth-order valence-corrected chi connectivity index (χ4v) is 2.56. The Morgan fingerprint density at radius 2 is 2.35 bits per heavy atom. The fraction of sp³-hybridized carbons (Fsp3) is 0.533. The number of amides is 1. The Labute approximate surface area is 119 Å². The monoisotopic (exact) mass is 278 g/mol. The zero-order valence-electron chi connectivity index (χ0n) is 12.0. The fourth-order valence-electron chi connectivity index (χ4n) is 2.56. The number of ether oxygens (including phenoxy) is 2. The first kappa shape index (κ1) is 14.7. The van der Waals surface area contributed by atoms with Crippen LogP contribution in [0.3, 0.4) is 0 Å². The van der Waals surface area contributed by atoms with Crippen LogP contribution in [-0.2, 0) is 4.74 Å². The highest BCUT2D eigenvalue weighted by Crippen LogP contribution is 2.23. The van der Waals surface area contributed by atoms with Gasteiger partial charge >= 0.3 is 0 Å². The van der Waals surface area contributed by atoms with Gasteiger partial charge in [-0.2, -0.15) is 0 Å². The van der Waals surface area contributed by atoms with E-state index in [4.69, 9.17) is 15.2 Å². The van der Waals surface area contributed by atoms with Gasteiger partial charge in [-0.3, -0.25) is 4.79 Å². The van der Waals surface area contributed by atoms with Crippen LogP contribution < -0.4 is 15.8 Å². The number of hydrogen-bond donors (Lipinski definition) is 2. The van der Waals surface area contributed by atoms with E-state index in [1.165, 1.54) is 0 Å². The van der Waals surface area contributed by atoms with Crippen molar-refractivity contribution < 1.29 is 14.3 Å². The predicted octanol–water partition coefficient (Wildman–Crippen LogP) is 1.82. The molecule has 5 nitrogen and oxygen atoms in total. The molecule has 5 heteroatoms. The number of nitrogen functional groups attached to an aromatic ring is 1. The summed E-state index contributed by atoms with van der Waals surface area (Å²) in [6.45, 7) is 3.50. The third kappa shape index (κ3) is 3.22. The molecule has 3 N–H and O–H groups in total. The Morgan fingerprint density at radius 1 is 1.55 bits per heavy atom. The molecule has 0 bridgehead atoms. The summed E-state index contributed by atoms with van der Waals surface area (Å²) < 4.78 is 10.7. The van der Waals surface area contributed by atoms with Gasteiger partial charge < -0.3 is 20.5 Å². The summed E-state index contributed by atoms with van der Waals surface area (Å²) in [5.41, 5.74) is 6.75. The first-order valence-electron chi connectivity index (χ1n) is 6.99. The highest BCUT2D eigenvalue weighted by Gasteiger charge is 2.27. The Bertz CT molecular complexity index is 476. The van der Waals surface area contributed by atoms with E-state index < -0.39 is 0 Å². The smallest absolute Gasteiger partial charge is 0.253 e. The quantitative estimate of drug-likeness (QED) is 0.806. The largest absolute Gasteiger partial charge is 0.497 e. The van der Waals surface area contributed by atoms with Crippen LogP contribution >= 0.6 is 0 Å². The summed E-state index contributed by atoms with van der Waals surface area (Å²) in [6, 6.07) is 5.08. The number of nitrogens with one attached hydrogen (secondary N) is 1. The van der Waals surface area contributed by atoms with E-state index in [9.17, 15) is 4.79 Å². The van der Waals surface area contributed by atoms with E-state index in [2.05, 4.69) is 12.2 Å². The summed E-state index contributed by atoms with van der Waals surface area (Å²) >= 11 is 0. The number of nitrogens with two attached hydrogens (primary N) is 1. The molecule has 1 aromatic carbocycles. The second kappa shape index (κ2) is 6.61. The predicted molar refractivity (Wildman–Crippen MR) is 77.9 cm³/mol. The molecule has 0 spiro atoms. The number of hydrogen-bond acceptors (Lipinski definition) is 4. The van der Waals surface area contributed by atoms with Crippen molar-refractivity contribution >= 4 is 11.6 Å². The lowest BCUT2D eigenvalue weighted by molar-refractivity contribution is 0.0827. The minimum absolute atomic E-state index is 0.164. The number of benzene rings is 1. The lowest BCUT2D eigenvalue weighted by Gasteiger charge is -2.17. The Hall–Kier alpha value is -1.75. The van der Waals surface area contributed by atoms with Gasteiger partial charge in [-0.1, -0.05) is 6.92 Å². The Balaban J connectivity index is 1.98. The van der Waals surface area contributed by atoms with Crippen molar-refractivity contribution in [2.45, 2.75) is 25.9 Å². The third-order valence-corrected chi connectivity index (χ3v) is 3.78. The SMILES string of the molecule is CCC1OCCC1CNC(=O)c1cc(OC)ccc1N. The van der Waals surface area contributed by atoms with Crippen LogP contribution in [0.4, 0.5) is 5.69 Å². The third-order valence-electron chi connectivity index (χ3n) is 3.78. The number of carbonyl (C=O) groups excluding carboxylic acids is 1. The molecule has 2 atom stereocenters. The molecule has 1 aliphatic heterocycles. The van der Waals surface area contributed by atoms with Crippen LogP contribution in [0.1, 0.15) is 30.1 Å². The minimum atomic E-state index is -0.164. The molecule has 1 aromatic rings. The molecule has 20 heavy (non-hydrogen) atoms. The molecule has 1 saturated heterocycles. The number of carbonyl (C=O) groups is 1. The first-order valence-corrected chi connectivity index (χ1v) is 6.99. The molecule has 1 amide bonds. The lowest BCUT2D eigenvalue weighted by atomic mass is 9.99. The van der Waals surface area contributed by atoms with Crippen molar-refractivity contribution in [3.8, 4) is 5.75 Å². The van der Waals surface area contributed by atoms with Gasteiger partial charge in [0.1, 0.15) is 5.75 Å². The van der Waals surface area contributed by atoms with Crippen molar-refractivity contribution in [1.82, 2.24) is 5.32 Å². The van der Waals surface area contributed by atoms with E-state index in [-0.39, 0.29) is 12.0 Å². The van der Waals surface area contributed by atoms with Gasteiger partial charge in [0.15, 0.2) is 0 Å². The Kier molecular flexibility index (Phi) is 4.84. The van der Waals surface area contributed by atoms with Crippen molar-refractivity contribution in [2.24, 2.45) is 5.92 Å². The highest BCUT2D eigenvalue weighted by molar-refractivity contribution is 5.99. The van der Waals surface area contributed by atoms with E-state index in [1.54, 1.807) is 25.3 Å². The molecule has 0 aliphatic carbocycles. The molecule has 1 heterocycles. The molecular weight excluding hydrogens is 256 g/mol. The zero-order valence-corrected chi connectivity index (χ0v) is 12.0. The molecule has 0 aromatic heterocycles. The van der Waals surface area contributed by atoms with Crippen LogP contribution in [0.5, 0.6) is 5.75 Å². The van der Waals surface area contributed by atoms with Gasteiger partial charge in [-0.15, -0.1) is 0 Å². The van der Waals surface area contributed by atoms with Crippen molar-refractivity contribution in [1.29, 1.82) is 0 Å². The molecule has 110 valence electrons. The van der Waals surface area contributed by atoms with Crippen LogP contribution in [0.2, 0.25) is 0 Å². The average Bonchev–Trinajstić information content (AvgIpc) is 2.92. The van der Waals surface area contributed by atoms with Gasteiger partial charge in [0, 0.05) is 24.8 Å². The molecule has 0 radical (unpaired) electrons. The number of rotatable bonds is 5. The maximum atomic E-state index is 12.2. The van der Waals surface area contributed by atoms with Crippen molar-refractivity contribution in [3.63, 3.8) is 0 Å². The maximum Gasteiger partial charge on any atom is 0.253 e. The van der Waals surface area contributed by atoms with E-state index in [0.29, 0.717) is 29.5 Å². The topological polar surface area (TPSA) is 73.6 Å². The van der Waals surface area contributed by atoms with E-state index >= 15 is 0 Å². The van der Waals surface area contributed by atoms with Crippen LogP contribution in [0.15, 0.2) is 18.2 Å². The average molecular weight is 278 g/mol.